The van der Waals surface area contributed by atoms with Crippen molar-refractivity contribution in [2.75, 3.05) is 19.4 Å². The Bertz CT molecular complexity index is 729. The number of aromatic nitrogens is 3. The van der Waals surface area contributed by atoms with Gasteiger partial charge in [0, 0.05) is 18.3 Å². The van der Waals surface area contributed by atoms with Crippen molar-refractivity contribution in [2.24, 2.45) is 0 Å². The van der Waals surface area contributed by atoms with Crippen molar-refractivity contribution in [3.63, 3.8) is 0 Å². The number of hydrogen-bond donors (Lipinski definition) is 0. The molecule has 1 aliphatic heterocycles. The van der Waals surface area contributed by atoms with Crippen molar-refractivity contribution in [1.29, 1.82) is 0 Å². The molecule has 134 valence electrons. The summed E-state index contributed by atoms with van der Waals surface area (Å²) in [5.41, 5.74) is 0.963. The molecule has 25 heavy (non-hydrogen) atoms. The number of likely N-dealkylation sites (tertiary alicyclic amines) is 1. The lowest BCUT2D eigenvalue weighted by atomic mass is 10.0. The Kier molecular flexibility index (Phi) is 5.63. The van der Waals surface area contributed by atoms with Crippen LogP contribution in [0.15, 0.2) is 29.4 Å². The number of hydrogen-bond acceptors (Lipinski definition) is 5. The van der Waals surface area contributed by atoms with Crippen LogP contribution < -0.4 is 4.74 Å². The lowest BCUT2D eigenvalue weighted by molar-refractivity contribution is -0.131. The molecule has 6 nitrogen and oxygen atoms in total. The maximum absolute atomic E-state index is 12.6. The third-order valence-electron chi connectivity index (χ3n) is 4.57. The third kappa shape index (κ3) is 3.98. The molecule has 1 aromatic carbocycles. The number of carbonyl (C=O) groups is 1. The molecule has 1 fully saturated rings. The number of benzene rings is 1. The Morgan fingerprint density at radius 2 is 2.04 bits per heavy atom. The van der Waals surface area contributed by atoms with Crippen molar-refractivity contribution in [2.45, 2.75) is 44.3 Å². The first-order chi connectivity index (χ1) is 12.1. The Morgan fingerprint density at radius 1 is 1.28 bits per heavy atom. The molecule has 0 saturated carbocycles. The predicted molar refractivity (Wildman–Crippen MR) is 98.4 cm³/mol. The van der Waals surface area contributed by atoms with Crippen LogP contribution in [0, 0.1) is 6.92 Å². The Labute approximate surface area is 152 Å². The Hall–Kier alpha value is -2.02. The highest BCUT2D eigenvalue weighted by Gasteiger charge is 2.24. The fourth-order valence-corrected chi connectivity index (χ4v) is 4.03. The molecule has 0 radical (unpaired) electrons. The van der Waals surface area contributed by atoms with Gasteiger partial charge in [-0.05, 0) is 57.4 Å². The number of ether oxygens (including phenoxy) is 1. The van der Waals surface area contributed by atoms with Crippen LogP contribution in [-0.4, -0.2) is 51.0 Å². The smallest absolute Gasteiger partial charge is 0.233 e. The largest absolute Gasteiger partial charge is 0.497 e. The fourth-order valence-electron chi connectivity index (χ4n) is 3.14. The van der Waals surface area contributed by atoms with Gasteiger partial charge in [-0.2, -0.15) is 0 Å². The summed E-state index contributed by atoms with van der Waals surface area (Å²) in [6.45, 7) is 4.91. The normalized spacial score (nSPS) is 17.6. The molecule has 1 aromatic heterocycles. The van der Waals surface area contributed by atoms with Gasteiger partial charge in [0.15, 0.2) is 5.16 Å². The van der Waals surface area contributed by atoms with Crippen LogP contribution >= 0.6 is 11.8 Å². The molecule has 1 saturated heterocycles. The van der Waals surface area contributed by atoms with Gasteiger partial charge in [-0.3, -0.25) is 9.36 Å². The van der Waals surface area contributed by atoms with E-state index < -0.39 is 0 Å². The first kappa shape index (κ1) is 17.8. The molecule has 2 heterocycles. The Morgan fingerprint density at radius 3 is 2.72 bits per heavy atom. The molecule has 1 atom stereocenters. The van der Waals surface area contributed by atoms with E-state index in [1.807, 2.05) is 40.7 Å². The summed E-state index contributed by atoms with van der Waals surface area (Å²) in [5, 5.41) is 9.16. The van der Waals surface area contributed by atoms with Gasteiger partial charge < -0.3 is 9.64 Å². The summed E-state index contributed by atoms with van der Waals surface area (Å²) in [4.78, 5) is 14.5. The molecule has 0 spiro atoms. The van der Waals surface area contributed by atoms with E-state index in [0.29, 0.717) is 11.8 Å². The number of aryl methyl sites for hydroxylation is 1. The number of methoxy groups -OCH3 is 1. The van der Waals surface area contributed by atoms with Gasteiger partial charge in [0.25, 0.3) is 0 Å². The summed E-state index contributed by atoms with van der Waals surface area (Å²) in [6, 6.07) is 8.08. The van der Waals surface area contributed by atoms with E-state index >= 15 is 0 Å². The maximum atomic E-state index is 12.6. The highest BCUT2D eigenvalue weighted by molar-refractivity contribution is 7.99. The van der Waals surface area contributed by atoms with E-state index in [2.05, 4.69) is 17.1 Å². The zero-order chi connectivity index (χ0) is 17.8. The van der Waals surface area contributed by atoms with Gasteiger partial charge in [0.05, 0.1) is 12.9 Å². The average Bonchev–Trinajstić information content (AvgIpc) is 3.00. The van der Waals surface area contributed by atoms with Crippen LogP contribution in [0.2, 0.25) is 0 Å². The zero-order valence-electron chi connectivity index (χ0n) is 14.9. The van der Waals surface area contributed by atoms with Gasteiger partial charge in [-0.1, -0.05) is 11.8 Å². The molecule has 7 heteroatoms. The molecule has 1 amide bonds. The maximum Gasteiger partial charge on any atom is 0.233 e. The fraction of sp³-hybridized carbons (Fsp3) is 0.500. The SMILES string of the molecule is COc1ccc(-n2c(C)nnc2SCC(=O)N2CCCC[C@@H]2C)cc1. The zero-order valence-corrected chi connectivity index (χ0v) is 15.8. The van der Waals surface area contributed by atoms with Crippen LogP contribution in [-0.2, 0) is 4.79 Å². The van der Waals surface area contributed by atoms with Crippen LogP contribution in [0.3, 0.4) is 0 Å². The van der Waals surface area contributed by atoms with E-state index in [-0.39, 0.29) is 5.91 Å². The molecular formula is C18H24N4O2S. The van der Waals surface area contributed by atoms with E-state index in [1.54, 1.807) is 7.11 Å². The van der Waals surface area contributed by atoms with Gasteiger partial charge >= 0.3 is 0 Å². The quantitative estimate of drug-likeness (QED) is 0.767. The minimum absolute atomic E-state index is 0.180. The lowest BCUT2D eigenvalue weighted by Gasteiger charge is -2.33. The van der Waals surface area contributed by atoms with Crippen molar-refractivity contribution in [3.05, 3.63) is 30.1 Å². The number of carbonyl (C=O) groups excluding carboxylic acids is 1. The highest BCUT2D eigenvalue weighted by Crippen LogP contribution is 2.25. The summed E-state index contributed by atoms with van der Waals surface area (Å²) in [5.74, 6) is 2.17. The second-order valence-electron chi connectivity index (χ2n) is 6.28. The van der Waals surface area contributed by atoms with Crippen LogP contribution in [0.1, 0.15) is 32.0 Å². The van der Waals surface area contributed by atoms with E-state index in [4.69, 9.17) is 4.74 Å². The second-order valence-corrected chi connectivity index (χ2v) is 7.23. The van der Waals surface area contributed by atoms with Crippen LogP contribution in [0.5, 0.6) is 5.75 Å². The van der Waals surface area contributed by atoms with E-state index in [0.717, 1.165) is 41.8 Å². The van der Waals surface area contributed by atoms with E-state index in [1.165, 1.54) is 18.2 Å². The molecule has 0 unspecified atom stereocenters. The second kappa shape index (κ2) is 7.91. The minimum Gasteiger partial charge on any atom is -0.497 e. The molecule has 0 N–H and O–H groups in total. The standard InChI is InChI=1S/C18H24N4O2S/c1-13-6-4-5-11-21(13)17(23)12-25-18-20-19-14(2)22(18)15-7-9-16(24-3)10-8-15/h7-10,13H,4-6,11-12H2,1-3H3/t13-/m0/s1. The Balaban J connectivity index is 1.72. The topological polar surface area (TPSA) is 60.2 Å². The number of rotatable bonds is 5. The average molecular weight is 360 g/mol. The molecule has 0 aliphatic carbocycles. The third-order valence-corrected chi connectivity index (χ3v) is 5.49. The molecular weight excluding hydrogens is 336 g/mol. The minimum atomic E-state index is 0.180. The monoisotopic (exact) mass is 360 g/mol. The summed E-state index contributed by atoms with van der Waals surface area (Å²) >= 11 is 1.44. The van der Waals surface area contributed by atoms with Crippen molar-refractivity contribution < 1.29 is 9.53 Å². The highest BCUT2D eigenvalue weighted by atomic mass is 32.2. The van der Waals surface area contributed by atoms with Crippen molar-refractivity contribution in [1.82, 2.24) is 19.7 Å². The molecule has 1 aliphatic rings. The van der Waals surface area contributed by atoms with Crippen molar-refractivity contribution >= 4 is 17.7 Å². The van der Waals surface area contributed by atoms with Gasteiger partial charge in [0.2, 0.25) is 5.91 Å². The van der Waals surface area contributed by atoms with Gasteiger partial charge in [-0.25, -0.2) is 0 Å². The molecule has 0 bridgehead atoms. The van der Waals surface area contributed by atoms with E-state index in [9.17, 15) is 4.79 Å². The van der Waals surface area contributed by atoms with Crippen molar-refractivity contribution in [3.8, 4) is 11.4 Å². The number of amides is 1. The number of piperidine rings is 1. The first-order valence-electron chi connectivity index (χ1n) is 8.59. The summed E-state index contributed by atoms with van der Waals surface area (Å²) in [7, 11) is 1.65. The van der Waals surface area contributed by atoms with Crippen LogP contribution in [0.25, 0.3) is 5.69 Å². The van der Waals surface area contributed by atoms with Gasteiger partial charge in [0.1, 0.15) is 11.6 Å². The molecule has 3 rings (SSSR count). The molecule has 2 aromatic rings. The summed E-state index contributed by atoms with van der Waals surface area (Å²) < 4.78 is 7.18. The lowest BCUT2D eigenvalue weighted by Crippen LogP contribution is -2.42. The summed E-state index contributed by atoms with van der Waals surface area (Å²) in [6.07, 6.45) is 3.41. The predicted octanol–water partition coefficient (Wildman–Crippen LogP) is 3.08. The van der Waals surface area contributed by atoms with Gasteiger partial charge in [-0.15, -0.1) is 10.2 Å². The number of thioether (sulfide) groups is 1. The van der Waals surface area contributed by atoms with Crippen LogP contribution in [0.4, 0.5) is 0 Å². The number of nitrogens with zero attached hydrogens (tertiary/aromatic N) is 4. The first-order valence-corrected chi connectivity index (χ1v) is 9.57.